The van der Waals surface area contributed by atoms with Gasteiger partial charge in [0.25, 0.3) is 5.69 Å². The lowest BCUT2D eigenvalue weighted by Gasteiger charge is -2.25. The summed E-state index contributed by atoms with van der Waals surface area (Å²) in [5, 5.41) is 15.1. The van der Waals surface area contributed by atoms with Crippen LogP contribution in [0.3, 0.4) is 0 Å². The van der Waals surface area contributed by atoms with Gasteiger partial charge in [-0.3, -0.25) is 14.8 Å². The minimum atomic E-state index is -4.01. The van der Waals surface area contributed by atoms with Gasteiger partial charge in [-0.05, 0) is 19.9 Å². The molecule has 0 aliphatic heterocycles. The Kier molecular flexibility index (Phi) is 4.81. The van der Waals surface area contributed by atoms with Crippen LogP contribution < -0.4 is 0 Å². The van der Waals surface area contributed by atoms with Crippen LogP contribution >= 0.6 is 0 Å². The quantitative estimate of drug-likeness (QED) is 0.592. The summed E-state index contributed by atoms with van der Waals surface area (Å²) in [5.74, 6) is 0. The summed E-state index contributed by atoms with van der Waals surface area (Å²) in [4.78, 5) is 10.1. The highest BCUT2D eigenvalue weighted by Gasteiger charge is 2.33. The zero-order chi connectivity index (χ0) is 17.2. The predicted molar refractivity (Wildman–Crippen MR) is 84.2 cm³/mol. The van der Waals surface area contributed by atoms with E-state index in [9.17, 15) is 18.5 Å². The smallest absolute Gasteiger partial charge is 0.275 e. The van der Waals surface area contributed by atoms with Crippen LogP contribution in [0.4, 0.5) is 5.69 Å². The molecule has 0 spiro atoms. The number of hydrogen-bond donors (Lipinski definition) is 0. The average molecular weight is 338 g/mol. The van der Waals surface area contributed by atoms with Gasteiger partial charge in [0, 0.05) is 37.5 Å². The van der Waals surface area contributed by atoms with Crippen LogP contribution in [0.1, 0.15) is 19.4 Å². The molecule has 0 saturated heterocycles. The van der Waals surface area contributed by atoms with Gasteiger partial charge in [-0.15, -0.1) is 0 Å². The molecular formula is C14H18N4O4S. The Morgan fingerprint density at radius 3 is 2.52 bits per heavy atom. The summed E-state index contributed by atoms with van der Waals surface area (Å²) in [6, 6.07) is 5.00. The molecule has 0 atom stereocenters. The molecule has 9 heteroatoms. The highest BCUT2D eigenvalue weighted by atomic mass is 32.2. The SMILES string of the molecule is CC(C)N(Cc1cnn(C)c1)S(=O)(=O)c1ccccc1[N+](=O)[O-]. The molecule has 0 bridgehead atoms. The fourth-order valence-corrected chi connectivity index (χ4v) is 4.02. The summed E-state index contributed by atoms with van der Waals surface area (Å²) in [6.07, 6.45) is 3.29. The normalized spacial score (nSPS) is 12.0. The maximum atomic E-state index is 12.9. The molecule has 0 aliphatic rings. The van der Waals surface area contributed by atoms with Crippen LogP contribution in [0, 0.1) is 10.1 Å². The van der Waals surface area contributed by atoms with E-state index < -0.39 is 20.6 Å². The zero-order valence-electron chi connectivity index (χ0n) is 13.1. The maximum absolute atomic E-state index is 12.9. The average Bonchev–Trinajstić information content (AvgIpc) is 2.89. The molecule has 0 saturated carbocycles. The number of aromatic nitrogens is 2. The Morgan fingerprint density at radius 2 is 2.00 bits per heavy atom. The van der Waals surface area contributed by atoms with E-state index in [1.54, 1.807) is 38.0 Å². The molecule has 1 aromatic heterocycles. The minimum absolute atomic E-state index is 0.0971. The molecule has 0 fully saturated rings. The van der Waals surface area contributed by atoms with Gasteiger partial charge in [0.15, 0.2) is 4.90 Å². The Labute approximate surface area is 134 Å². The summed E-state index contributed by atoms with van der Waals surface area (Å²) in [7, 11) is -2.27. The van der Waals surface area contributed by atoms with Crippen LogP contribution in [0.5, 0.6) is 0 Å². The molecule has 0 amide bonds. The number of para-hydroxylation sites is 1. The van der Waals surface area contributed by atoms with Gasteiger partial charge in [-0.1, -0.05) is 12.1 Å². The van der Waals surface area contributed by atoms with Gasteiger partial charge in [-0.25, -0.2) is 8.42 Å². The molecular weight excluding hydrogens is 320 g/mol. The van der Waals surface area contributed by atoms with Crippen molar-refractivity contribution in [3.63, 3.8) is 0 Å². The van der Waals surface area contributed by atoms with E-state index in [4.69, 9.17) is 0 Å². The molecule has 1 aromatic carbocycles. The second kappa shape index (κ2) is 6.47. The van der Waals surface area contributed by atoms with E-state index in [1.807, 2.05) is 0 Å². The van der Waals surface area contributed by atoms with Crippen LogP contribution in [0.25, 0.3) is 0 Å². The van der Waals surface area contributed by atoms with E-state index in [0.717, 1.165) is 0 Å². The molecule has 0 aliphatic carbocycles. The van der Waals surface area contributed by atoms with E-state index in [2.05, 4.69) is 5.10 Å². The van der Waals surface area contributed by atoms with Crippen molar-refractivity contribution in [1.29, 1.82) is 0 Å². The fourth-order valence-electron chi connectivity index (χ4n) is 2.23. The molecule has 124 valence electrons. The Bertz CT molecular complexity index is 814. The van der Waals surface area contributed by atoms with Crippen molar-refractivity contribution in [1.82, 2.24) is 14.1 Å². The van der Waals surface area contributed by atoms with Crippen molar-refractivity contribution in [3.05, 3.63) is 52.3 Å². The van der Waals surface area contributed by atoms with E-state index >= 15 is 0 Å². The summed E-state index contributed by atoms with van der Waals surface area (Å²) in [5.41, 5.74) is 0.285. The first kappa shape index (κ1) is 17.1. The third-order valence-corrected chi connectivity index (χ3v) is 5.39. The van der Waals surface area contributed by atoms with Gasteiger partial charge in [-0.2, -0.15) is 9.40 Å². The molecule has 2 rings (SSSR count). The zero-order valence-corrected chi connectivity index (χ0v) is 13.9. The molecule has 8 nitrogen and oxygen atoms in total. The van der Waals surface area contributed by atoms with Gasteiger partial charge in [0.2, 0.25) is 10.0 Å². The molecule has 2 aromatic rings. The second-order valence-electron chi connectivity index (χ2n) is 5.39. The third-order valence-electron chi connectivity index (χ3n) is 3.32. The van der Waals surface area contributed by atoms with Crippen LogP contribution in [0.15, 0.2) is 41.6 Å². The topological polar surface area (TPSA) is 98.3 Å². The maximum Gasteiger partial charge on any atom is 0.289 e. The highest BCUT2D eigenvalue weighted by molar-refractivity contribution is 7.89. The number of sulfonamides is 1. The third kappa shape index (κ3) is 3.57. The monoisotopic (exact) mass is 338 g/mol. The first-order chi connectivity index (χ1) is 10.7. The van der Waals surface area contributed by atoms with Crippen molar-refractivity contribution >= 4 is 15.7 Å². The van der Waals surface area contributed by atoms with Gasteiger partial charge >= 0.3 is 0 Å². The first-order valence-electron chi connectivity index (χ1n) is 6.96. The number of aryl methyl sites for hydroxylation is 1. The molecule has 23 heavy (non-hydrogen) atoms. The number of nitro benzene ring substituents is 1. The van der Waals surface area contributed by atoms with Crippen LogP contribution in [-0.2, 0) is 23.6 Å². The second-order valence-corrected chi connectivity index (χ2v) is 7.25. The van der Waals surface area contributed by atoms with Crippen molar-refractivity contribution < 1.29 is 13.3 Å². The lowest BCUT2D eigenvalue weighted by Crippen LogP contribution is -2.36. The first-order valence-corrected chi connectivity index (χ1v) is 8.40. The van der Waals surface area contributed by atoms with Gasteiger partial charge < -0.3 is 0 Å². The standard InChI is InChI=1S/C14H18N4O4S/c1-11(2)17(10-12-8-15-16(3)9-12)23(21,22)14-7-5-4-6-13(14)18(19)20/h4-9,11H,10H2,1-3H3. The number of hydrogen-bond acceptors (Lipinski definition) is 5. The Hall–Kier alpha value is -2.26. The molecule has 0 unspecified atom stereocenters. The summed E-state index contributed by atoms with van der Waals surface area (Å²) in [6.45, 7) is 3.55. The minimum Gasteiger partial charge on any atom is -0.275 e. The van der Waals surface area contributed by atoms with E-state index in [-0.39, 0.29) is 17.5 Å². The highest BCUT2D eigenvalue weighted by Crippen LogP contribution is 2.28. The summed E-state index contributed by atoms with van der Waals surface area (Å²) < 4.78 is 28.6. The van der Waals surface area contributed by atoms with Gasteiger partial charge in [0.1, 0.15) is 0 Å². The molecule has 0 N–H and O–H groups in total. The van der Waals surface area contributed by atoms with E-state index in [0.29, 0.717) is 5.56 Å². The van der Waals surface area contributed by atoms with E-state index in [1.165, 1.54) is 28.6 Å². The Balaban J connectivity index is 2.47. The Morgan fingerprint density at radius 1 is 1.35 bits per heavy atom. The summed E-state index contributed by atoms with van der Waals surface area (Å²) >= 11 is 0. The van der Waals surface area contributed by atoms with Crippen molar-refractivity contribution in [2.45, 2.75) is 31.3 Å². The number of benzene rings is 1. The lowest BCUT2D eigenvalue weighted by molar-refractivity contribution is -0.387. The van der Waals surface area contributed by atoms with Crippen molar-refractivity contribution in [2.24, 2.45) is 7.05 Å². The van der Waals surface area contributed by atoms with Gasteiger partial charge in [0.05, 0.1) is 11.1 Å². The number of rotatable bonds is 6. The van der Waals surface area contributed by atoms with Crippen LogP contribution in [0.2, 0.25) is 0 Å². The molecule has 0 radical (unpaired) electrons. The fraction of sp³-hybridized carbons (Fsp3) is 0.357. The van der Waals surface area contributed by atoms with Crippen molar-refractivity contribution in [3.8, 4) is 0 Å². The predicted octanol–water partition coefficient (Wildman–Crippen LogP) is 1.93. The number of nitrogens with zero attached hydrogens (tertiary/aromatic N) is 4. The molecule has 1 heterocycles. The van der Waals surface area contributed by atoms with Crippen molar-refractivity contribution in [2.75, 3.05) is 0 Å². The lowest BCUT2D eigenvalue weighted by atomic mass is 10.3. The number of nitro groups is 1. The van der Waals surface area contributed by atoms with Crippen LogP contribution in [-0.4, -0.2) is 33.5 Å². The largest absolute Gasteiger partial charge is 0.289 e.